The molecule has 0 aromatic carbocycles. The lowest BCUT2D eigenvalue weighted by Gasteiger charge is -2.38. The zero-order valence-corrected chi connectivity index (χ0v) is 32.3. The van der Waals surface area contributed by atoms with Crippen LogP contribution in [-0.4, -0.2) is 86.9 Å². The van der Waals surface area contributed by atoms with Gasteiger partial charge in [-0.3, -0.25) is 33.8 Å². The summed E-state index contributed by atoms with van der Waals surface area (Å²) in [5.41, 5.74) is -0.638. The van der Waals surface area contributed by atoms with E-state index >= 15 is 0 Å². The average Bonchev–Trinajstić information content (AvgIpc) is 3.65. The summed E-state index contributed by atoms with van der Waals surface area (Å²) in [7, 11) is 0. The largest absolute Gasteiger partial charge is 0.347 e. The maximum absolute atomic E-state index is 14.6. The summed E-state index contributed by atoms with van der Waals surface area (Å²) in [5, 5.41) is 11.5. The Labute approximate surface area is 337 Å². The number of Topliss-reactive ketones (excluding diaryl/α,β-unsaturated/α-hetero) is 1. The number of rotatable bonds is 13. The first-order chi connectivity index (χ1) is 23.4. The van der Waals surface area contributed by atoms with E-state index in [4.69, 9.17) is 0 Å². The van der Waals surface area contributed by atoms with Crippen molar-refractivity contribution in [1.82, 2.24) is 36.1 Å². The number of nitrogens with one attached hydrogen (secondary N) is 4. The smallest absolute Gasteiger partial charge is 0.289 e. The lowest BCUT2D eigenvalue weighted by atomic mass is 9.82. The molecule has 0 unspecified atom stereocenters. The summed E-state index contributed by atoms with van der Waals surface area (Å²) in [5.74, 6) is -3.20. The predicted octanol–water partition coefficient (Wildman–Crippen LogP) is 4.58. The van der Waals surface area contributed by atoms with E-state index in [1.165, 1.54) is 18.6 Å². The van der Waals surface area contributed by atoms with Crippen molar-refractivity contribution >= 4 is 62.3 Å². The monoisotopic (exact) mass is 795 g/mol. The Morgan fingerprint density at radius 1 is 0.852 bits per heavy atom. The quantitative estimate of drug-likeness (QED) is 0.210. The zero-order valence-electron chi connectivity index (χ0n) is 30.3. The molecule has 308 valence electrons. The molecular formula is C39H69N7O6S2. The van der Waals surface area contributed by atoms with Gasteiger partial charge in [0.1, 0.15) is 23.8 Å². The summed E-state index contributed by atoms with van der Waals surface area (Å²) in [6, 6.07) is -3.68. The molecule has 0 bridgehead atoms. The fourth-order valence-electron chi connectivity index (χ4n) is 7.87. The zero-order chi connectivity index (χ0) is 35.3. The maximum Gasteiger partial charge on any atom is 0.289 e. The normalized spacial score (nSPS) is 22.0. The third-order valence-corrected chi connectivity index (χ3v) is 10.7. The van der Waals surface area contributed by atoms with Crippen LogP contribution in [0.5, 0.6) is 0 Å². The van der Waals surface area contributed by atoms with Gasteiger partial charge < -0.3 is 26.2 Å². The van der Waals surface area contributed by atoms with E-state index in [9.17, 15) is 28.8 Å². The Bertz CT molecular complexity index is 1400. The summed E-state index contributed by atoms with van der Waals surface area (Å²) in [6.45, 7) is 7.85. The highest BCUT2D eigenvalue weighted by Gasteiger charge is 2.52. The Kier molecular flexibility index (Phi) is 21.1. The van der Waals surface area contributed by atoms with Gasteiger partial charge >= 0.3 is 0 Å². The molecule has 1 aromatic rings. The van der Waals surface area contributed by atoms with Crippen LogP contribution in [0, 0.1) is 23.2 Å². The number of hydrogen-bond acceptors (Lipinski definition) is 8. The average molecular weight is 796 g/mol. The number of likely N-dealkylation sites (tertiary alicyclic amines) is 1. The number of hydrogen-bond donors (Lipinski definition) is 4. The molecule has 4 N–H and O–H groups in total. The van der Waals surface area contributed by atoms with Gasteiger partial charge in [-0.05, 0) is 68.1 Å². The highest BCUT2D eigenvalue weighted by Crippen LogP contribution is 2.43. The van der Waals surface area contributed by atoms with Gasteiger partial charge in [-0.2, -0.15) is 27.0 Å². The maximum atomic E-state index is 14.6. The molecule has 3 saturated carbocycles. The van der Waals surface area contributed by atoms with Crippen LogP contribution in [0.2, 0.25) is 0 Å². The second-order valence-corrected chi connectivity index (χ2v) is 15.5. The van der Waals surface area contributed by atoms with Crippen LogP contribution in [0.25, 0.3) is 0 Å². The third-order valence-electron chi connectivity index (χ3n) is 10.7. The number of fused-ring (bicyclic) bond motifs is 1. The molecule has 1 saturated heterocycles. The van der Waals surface area contributed by atoms with Crippen LogP contribution < -0.4 is 21.3 Å². The molecule has 5 rings (SSSR count). The standard InChI is InChI=1S/C36H53N7O6.3CH4.2H2S/c1-5-10-25(29(44)34(48)39-23-15-16-23)40-33(47)28-24-14-9-13-22(24)20-43(28)35(49)30(36(2,3)4)42-32(46)27(21-11-7-6-8-12-21)41-31(45)26-19-37-17-18-38-26;;;;;/h17-19,21-25,27-28,30H,5-16,20H2,1-4H3,(H,39,48)(H,40,47)(H,41,45)(H,42,46);3*1H4;2*1H2/t22-,24-,25-,27-,28-,30-;;;;;/m1...../s1. The number of carbonyl (C=O) groups is 6. The van der Waals surface area contributed by atoms with Gasteiger partial charge in [0, 0.05) is 25.0 Å². The van der Waals surface area contributed by atoms with Crippen molar-refractivity contribution in [2.75, 3.05) is 6.54 Å². The van der Waals surface area contributed by atoms with E-state index in [0.717, 1.165) is 64.2 Å². The topological polar surface area (TPSA) is 180 Å². The fourth-order valence-corrected chi connectivity index (χ4v) is 7.87. The Morgan fingerprint density at radius 3 is 2.09 bits per heavy atom. The third kappa shape index (κ3) is 12.4. The molecule has 15 heteroatoms. The first-order valence-electron chi connectivity index (χ1n) is 18.2. The summed E-state index contributed by atoms with van der Waals surface area (Å²) >= 11 is 0. The van der Waals surface area contributed by atoms with Crippen molar-refractivity contribution in [2.24, 2.45) is 23.2 Å². The van der Waals surface area contributed by atoms with E-state index < -0.39 is 59.0 Å². The molecule has 6 atom stereocenters. The van der Waals surface area contributed by atoms with Crippen molar-refractivity contribution in [3.63, 3.8) is 0 Å². The van der Waals surface area contributed by atoms with E-state index in [2.05, 4.69) is 31.2 Å². The lowest BCUT2D eigenvalue weighted by molar-refractivity contribution is -0.146. The van der Waals surface area contributed by atoms with Gasteiger partial charge in [-0.1, -0.05) is 82.1 Å². The van der Waals surface area contributed by atoms with Crippen LogP contribution in [0.3, 0.4) is 0 Å². The molecule has 54 heavy (non-hydrogen) atoms. The second kappa shape index (κ2) is 22.4. The number of ketones is 1. The highest BCUT2D eigenvalue weighted by molar-refractivity contribution is 7.59. The van der Waals surface area contributed by atoms with Gasteiger partial charge in [0.2, 0.25) is 23.5 Å². The molecule has 0 spiro atoms. The van der Waals surface area contributed by atoms with Crippen LogP contribution in [-0.2, 0) is 24.0 Å². The van der Waals surface area contributed by atoms with E-state index in [1.807, 2.05) is 27.7 Å². The van der Waals surface area contributed by atoms with Crippen LogP contribution in [0.15, 0.2) is 18.6 Å². The fraction of sp³-hybridized carbons (Fsp3) is 0.744. The number of amides is 5. The summed E-state index contributed by atoms with van der Waals surface area (Å²) in [4.78, 5) is 91.4. The predicted molar refractivity (Wildman–Crippen MR) is 222 cm³/mol. The number of carbonyl (C=O) groups excluding carboxylic acids is 6. The van der Waals surface area contributed by atoms with E-state index in [-0.39, 0.29) is 84.7 Å². The Morgan fingerprint density at radius 2 is 1.52 bits per heavy atom. The second-order valence-electron chi connectivity index (χ2n) is 15.5. The molecule has 0 radical (unpaired) electrons. The van der Waals surface area contributed by atoms with Crippen molar-refractivity contribution in [1.29, 1.82) is 0 Å². The van der Waals surface area contributed by atoms with Gasteiger partial charge in [0.05, 0.1) is 12.2 Å². The van der Waals surface area contributed by atoms with E-state index in [1.54, 1.807) is 4.90 Å². The van der Waals surface area contributed by atoms with Crippen molar-refractivity contribution in [3.05, 3.63) is 24.3 Å². The highest BCUT2D eigenvalue weighted by atomic mass is 32.1. The van der Waals surface area contributed by atoms with Crippen molar-refractivity contribution in [2.45, 2.75) is 157 Å². The van der Waals surface area contributed by atoms with Crippen molar-refractivity contribution in [3.8, 4) is 0 Å². The molecular weight excluding hydrogens is 727 g/mol. The summed E-state index contributed by atoms with van der Waals surface area (Å²) < 4.78 is 0. The van der Waals surface area contributed by atoms with E-state index in [0.29, 0.717) is 19.4 Å². The molecule has 3 aliphatic carbocycles. The molecule has 4 fully saturated rings. The van der Waals surface area contributed by atoms with Gasteiger partial charge in [0.25, 0.3) is 11.8 Å². The molecule has 1 aromatic heterocycles. The first-order valence-corrected chi connectivity index (χ1v) is 18.2. The molecule has 4 aliphatic rings. The minimum atomic E-state index is -0.994. The Balaban J connectivity index is 0.00000562. The van der Waals surface area contributed by atoms with Gasteiger partial charge in [-0.15, -0.1) is 0 Å². The first kappa shape index (κ1) is 50.8. The molecule has 13 nitrogen and oxygen atoms in total. The van der Waals surface area contributed by atoms with Crippen LogP contribution in [0.1, 0.15) is 138 Å². The van der Waals surface area contributed by atoms with Crippen LogP contribution in [0.4, 0.5) is 0 Å². The summed E-state index contributed by atoms with van der Waals surface area (Å²) in [6.07, 6.45) is 13.9. The Hall–Kier alpha value is -3.20. The number of nitrogens with zero attached hydrogens (tertiary/aromatic N) is 3. The van der Waals surface area contributed by atoms with Gasteiger partial charge in [-0.25, -0.2) is 4.98 Å². The van der Waals surface area contributed by atoms with Crippen LogP contribution >= 0.6 is 27.0 Å². The van der Waals surface area contributed by atoms with Crippen molar-refractivity contribution < 1.29 is 28.8 Å². The molecule has 2 heterocycles. The van der Waals surface area contributed by atoms with Gasteiger partial charge in [0.15, 0.2) is 0 Å². The molecule has 1 aliphatic heterocycles. The molecule has 5 amide bonds. The SMILES string of the molecule is C.C.C.CCC[C@@H](NC(=O)[C@H]1[C@@H]2CCC[C@@H]2CN1C(=O)[C@@H](NC(=O)[C@H](NC(=O)c1cnccn1)C1CCCCC1)C(C)(C)C)C(=O)C(=O)NC1CC1.S.S. The number of aromatic nitrogens is 2. The minimum Gasteiger partial charge on any atom is -0.347 e. The minimum absolute atomic E-state index is 0. The lowest BCUT2D eigenvalue weighted by Crippen LogP contribution is -2.62.